The number of ether oxygens (including phenoxy) is 1. The van der Waals surface area contributed by atoms with E-state index in [1.165, 1.54) is 0 Å². The first kappa shape index (κ1) is 11.9. The molecule has 4 heteroatoms. The average molecular weight is 226 g/mol. The summed E-state index contributed by atoms with van der Waals surface area (Å²) in [4.78, 5) is 12.0. The molecular weight excluding hydrogens is 204 g/mol. The molecule has 2 rings (SSSR count). The van der Waals surface area contributed by atoms with E-state index in [1.54, 1.807) is 0 Å². The standard InChI is InChI=1S/C12H22N2O2/c1-8-5-7-16-11(8)12(15)14-10-4-3-6-13-9(10)2/h8-11,13H,3-7H2,1-2H3,(H,14,15). The molecule has 0 aromatic rings. The van der Waals surface area contributed by atoms with E-state index in [2.05, 4.69) is 24.5 Å². The van der Waals surface area contributed by atoms with Gasteiger partial charge in [0.2, 0.25) is 5.91 Å². The van der Waals surface area contributed by atoms with Crippen molar-refractivity contribution in [1.29, 1.82) is 0 Å². The van der Waals surface area contributed by atoms with Gasteiger partial charge in [-0.3, -0.25) is 4.79 Å². The van der Waals surface area contributed by atoms with Crippen LogP contribution in [0.1, 0.15) is 33.1 Å². The SMILES string of the molecule is CC1CCOC1C(=O)NC1CCCNC1C. The van der Waals surface area contributed by atoms with Gasteiger partial charge in [0.1, 0.15) is 6.10 Å². The lowest BCUT2D eigenvalue weighted by atomic mass is 9.98. The van der Waals surface area contributed by atoms with E-state index < -0.39 is 0 Å². The molecule has 0 aliphatic carbocycles. The fraction of sp³-hybridized carbons (Fsp3) is 0.917. The predicted molar refractivity (Wildman–Crippen MR) is 62.2 cm³/mol. The van der Waals surface area contributed by atoms with E-state index in [0.717, 1.165) is 32.4 Å². The van der Waals surface area contributed by atoms with Gasteiger partial charge in [0, 0.05) is 18.7 Å². The van der Waals surface area contributed by atoms with Gasteiger partial charge in [0.05, 0.1) is 0 Å². The molecule has 16 heavy (non-hydrogen) atoms. The van der Waals surface area contributed by atoms with Gasteiger partial charge in [0.25, 0.3) is 0 Å². The normalized spacial score (nSPS) is 39.6. The van der Waals surface area contributed by atoms with Gasteiger partial charge in [0.15, 0.2) is 0 Å². The van der Waals surface area contributed by atoms with Crippen molar-refractivity contribution in [2.24, 2.45) is 5.92 Å². The van der Waals surface area contributed by atoms with E-state index in [-0.39, 0.29) is 18.1 Å². The summed E-state index contributed by atoms with van der Waals surface area (Å²) < 4.78 is 5.47. The summed E-state index contributed by atoms with van der Waals surface area (Å²) in [5.41, 5.74) is 0. The molecule has 0 spiro atoms. The maximum Gasteiger partial charge on any atom is 0.249 e. The second kappa shape index (κ2) is 5.15. The molecule has 2 N–H and O–H groups in total. The summed E-state index contributed by atoms with van der Waals surface area (Å²) in [5.74, 6) is 0.428. The number of carbonyl (C=O) groups is 1. The molecule has 2 heterocycles. The summed E-state index contributed by atoms with van der Waals surface area (Å²) in [6, 6.07) is 0.632. The maximum absolute atomic E-state index is 12.0. The first-order chi connectivity index (χ1) is 7.68. The zero-order valence-electron chi connectivity index (χ0n) is 10.2. The van der Waals surface area contributed by atoms with Crippen LogP contribution >= 0.6 is 0 Å². The van der Waals surface area contributed by atoms with Crippen molar-refractivity contribution in [3.63, 3.8) is 0 Å². The van der Waals surface area contributed by atoms with Crippen LogP contribution in [-0.2, 0) is 9.53 Å². The second-order valence-electron chi connectivity index (χ2n) is 5.06. The number of nitrogens with one attached hydrogen (secondary N) is 2. The zero-order chi connectivity index (χ0) is 11.5. The largest absolute Gasteiger partial charge is 0.368 e. The molecule has 0 radical (unpaired) electrons. The Balaban J connectivity index is 1.86. The van der Waals surface area contributed by atoms with Gasteiger partial charge in [-0.05, 0) is 38.6 Å². The molecule has 2 saturated heterocycles. The molecule has 0 bridgehead atoms. The van der Waals surface area contributed by atoms with Crippen molar-refractivity contribution in [2.75, 3.05) is 13.2 Å². The highest BCUT2D eigenvalue weighted by atomic mass is 16.5. The summed E-state index contributed by atoms with van der Waals surface area (Å²) in [7, 11) is 0. The minimum atomic E-state index is -0.228. The monoisotopic (exact) mass is 226 g/mol. The topological polar surface area (TPSA) is 50.4 Å². The van der Waals surface area contributed by atoms with Gasteiger partial charge in [-0.15, -0.1) is 0 Å². The van der Waals surface area contributed by atoms with Gasteiger partial charge >= 0.3 is 0 Å². The minimum Gasteiger partial charge on any atom is -0.368 e. The van der Waals surface area contributed by atoms with Crippen molar-refractivity contribution in [3.05, 3.63) is 0 Å². The van der Waals surface area contributed by atoms with Crippen molar-refractivity contribution in [3.8, 4) is 0 Å². The van der Waals surface area contributed by atoms with E-state index in [9.17, 15) is 4.79 Å². The van der Waals surface area contributed by atoms with Crippen LogP contribution in [0.5, 0.6) is 0 Å². The van der Waals surface area contributed by atoms with Gasteiger partial charge < -0.3 is 15.4 Å². The number of piperidine rings is 1. The molecule has 4 nitrogen and oxygen atoms in total. The lowest BCUT2D eigenvalue weighted by molar-refractivity contribution is -0.132. The summed E-state index contributed by atoms with van der Waals surface area (Å²) in [6.07, 6.45) is 2.97. The Labute approximate surface area is 97.1 Å². The maximum atomic E-state index is 12.0. The summed E-state index contributed by atoms with van der Waals surface area (Å²) in [5, 5.41) is 6.50. The van der Waals surface area contributed by atoms with Crippen LogP contribution in [0.4, 0.5) is 0 Å². The molecule has 4 unspecified atom stereocenters. The highest BCUT2D eigenvalue weighted by molar-refractivity contribution is 5.81. The van der Waals surface area contributed by atoms with Gasteiger partial charge in [-0.1, -0.05) is 6.92 Å². The molecule has 0 aromatic carbocycles. The second-order valence-corrected chi connectivity index (χ2v) is 5.06. The highest BCUT2D eigenvalue weighted by Gasteiger charge is 2.33. The average Bonchev–Trinajstić information content (AvgIpc) is 2.68. The number of carbonyl (C=O) groups excluding carboxylic acids is 1. The van der Waals surface area contributed by atoms with Crippen molar-refractivity contribution < 1.29 is 9.53 Å². The Morgan fingerprint density at radius 2 is 2.19 bits per heavy atom. The van der Waals surface area contributed by atoms with Crippen LogP contribution in [0.2, 0.25) is 0 Å². The van der Waals surface area contributed by atoms with Crippen molar-refractivity contribution >= 4 is 5.91 Å². The summed E-state index contributed by atoms with van der Waals surface area (Å²) >= 11 is 0. The van der Waals surface area contributed by atoms with Crippen LogP contribution in [-0.4, -0.2) is 37.2 Å². The Morgan fingerprint density at radius 1 is 1.38 bits per heavy atom. The number of hydrogen-bond acceptors (Lipinski definition) is 3. The number of rotatable bonds is 2. The van der Waals surface area contributed by atoms with Crippen LogP contribution in [0.15, 0.2) is 0 Å². The van der Waals surface area contributed by atoms with Crippen LogP contribution in [0.3, 0.4) is 0 Å². The summed E-state index contributed by atoms with van der Waals surface area (Å²) in [6.45, 7) is 5.99. The van der Waals surface area contributed by atoms with Crippen LogP contribution < -0.4 is 10.6 Å². The van der Waals surface area contributed by atoms with Crippen molar-refractivity contribution in [2.45, 2.75) is 51.3 Å². The Morgan fingerprint density at radius 3 is 2.81 bits per heavy atom. The molecule has 0 saturated carbocycles. The fourth-order valence-corrected chi connectivity index (χ4v) is 2.54. The van der Waals surface area contributed by atoms with E-state index in [1.807, 2.05) is 0 Å². The minimum absolute atomic E-state index is 0.0746. The number of amides is 1. The molecule has 2 fully saturated rings. The first-order valence-electron chi connectivity index (χ1n) is 6.34. The van der Waals surface area contributed by atoms with Crippen molar-refractivity contribution in [1.82, 2.24) is 10.6 Å². The third-order valence-electron chi connectivity index (χ3n) is 3.74. The van der Waals surface area contributed by atoms with Gasteiger partial charge in [-0.25, -0.2) is 0 Å². The molecular formula is C12H22N2O2. The van der Waals surface area contributed by atoms with Crippen LogP contribution in [0.25, 0.3) is 0 Å². The first-order valence-corrected chi connectivity index (χ1v) is 6.34. The fourth-order valence-electron chi connectivity index (χ4n) is 2.54. The van der Waals surface area contributed by atoms with E-state index in [4.69, 9.17) is 4.74 Å². The molecule has 1 amide bonds. The quantitative estimate of drug-likeness (QED) is 0.727. The molecule has 92 valence electrons. The van der Waals surface area contributed by atoms with Gasteiger partial charge in [-0.2, -0.15) is 0 Å². The molecule has 2 aliphatic heterocycles. The Bertz CT molecular complexity index is 257. The van der Waals surface area contributed by atoms with Crippen LogP contribution in [0, 0.1) is 5.92 Å². The number of hydrogen-bond donors (Lipinski definition) is 2. The Kier molecular flexibility index (Phi) is 3.82. The molecule has 4 atom stereocenters. The van der Waals surface area contributed by atoms with E-state index in [0.29, 0.717) is 12.0 Å². The third-order valence-corrected chi connectivity index (χ3v) is 3.74. The zero-order valence-corrected chi connectivity index (χ0v) is 10.2. The smallest absolute Gasteiger partial charge is 0.249 e. The van der Waals surface area contributed by atoms with E-state index >= 15 is 0 Å². The third kappa shape index (κ3) is 2.55. The lowest BCUT2D eigenvalue weighted by Gasteiger charge is -2.31. The molecule has 2 aliphatic rings. The lowest BCUT2D eigenvalue weighted by Crippen LogP contribution is -2.54. The highest BCUT2D eigenvalue weighted by Crippen LogP contribution is 2.20. The Hall–Kier alpha value is -0.610. The molecule has 0 aromatic heterocycles. The predicted octanol–water partition coefficient (Wildman–Crippen LogP) is 0.668.